The summed E-state index contributed by atoms with van der Waals surface area (Å²) in [4.78, 5) is 7.36. The summed E-state index contributed by atoms with van der Waals surface area (Å²) in [6.07, 6.45) is 0.979. The number of thiophene rings is 1. The van der Waals surface area contributed by atoms with Gasteiger partial charge in [-0.3, -0.25) is 0 Å². The van der Waals surface area contributed by atoms with Gasteiger partial charge in [0.15, 0.2) is 5.96 Å². The van der Waals surface area contributed by atoms with Gasteiger partial charge in [-0.1, -0.05) is 12.1 Å². The molecule has 0 saturated carbocycles. The number of aliphatic imine (C=N–C) groups is 1. The van der Waals surface area contributed by atoms with Crippen LogP contribution in [-0.2, 0) is 13.0 Å². The summed E-state index contributed by atoms with van der Waals surface area (Å²) in [5, 5.41) is 15.7. The van der Waals surface area contributed by atoms with E-state index >= 15 is 0 Å². The van der Waals surface area contributed by atoms with Crippen LogP contribution in [0, 0.1) is 18.3 Å². The van der Waals surface area contributed by atoms with Gasteiger partial charge in [0.2, 0.25) is 0 Å². The van der Waals surface area contributed by atoms with Crippen molar-refractivity contribution < 1.29 is 0 Å². The first kappa shape index (κ1) is 18.0. The zero-order chi connectivity index (χ0) is 17.4. The molecule has 0 radical (unpaired) electrons. The molecule has 2 aromatic rings. The van der Waals surface area contributed by atoms with Gasteiger partial charge in [-0.2, -0.15) is 5.26 Å². The van der Waals surface area contributed by atoms with Gasteiger partial charge in [0, 0.05) is 28.8 Å². The number of hydrogen-bond donors (Lipinski definition) is 2. The molecule has 0 spiro atoms. The van der Waals surface area contributed by atoms with Crippen molar-refractivity contribution >= 4 is 17.3 Å². The highest BCUT2D eigenvalue weighted by Gasteiger charge is 2.08. The molecule has 0 aliphatic rings. The number of nitriles is 1. The van der Waals surface area contributed by atoms with Crippen molar-refractivity contribution in [2.75, 3.05) is 6.54 Å². The predicted molar refractivity (Wildman–Crippen MR) is 101 cm³/mol. The second-order valence-corrected chi connectivity index (χ2v) is 7.14. The van der Waals surface area contributed by atoms with Crippen LogP contribution in [0.4, 0.5) is 0 Å². The first-order valence-corrected chi connectivity index (χ1v) is 9.01. The van der Waals surface area contributed by atoms with Crippen LogP contribution >= 0.6 is 11.3 Å². The van der Waals surface area contributed by atoms with Crippen molar-refractivity contribution in [3.63, 3.8) is 0 Å². The maximum Gasteiger partial charge on any atom is 0.191 e. The van der Waals surface area contributed by atoms with Gasteiger partial charge in [0.05, 0.1) is 18.2 Å². The molecule has 24 heavy (non-hydrogen) atoms. The van der Waals surface area contributed by atoms with E-state index in [9.17, 15) is 0 Å². The van der Waals surface area contributed by atoms with Crippen LogP contribution in [0.2, 0.25) is 0 Å². The molecule has 126 valence electrons. The fourth-order valence-corrected chi connectivity index (χ4v) is 3.43. The van der Waals surface area contributed by atoms with Crippen molar-refractivity contribution in [1.29, 1.82) is 5.26 Å². The van der Waals surface area contributed by atoms with Crippen molar-refractivity contribution in [1.82, 2.24) is 10.6 Å². The molecule has 0 aliphatic carbocycles. The molecule has 1 heterocycles. The lowest BCUT2D eigenvalue weighted by Gasteiger charge is -2.17. The number of nitrogens with zero attached hydrogens (tertiary/aromatic N) is 2. The van der Waals surface area contributed by atoms with E-state index in [1.807, 2.05) is 35.6 Å². The second kappa shape index (κ2) is 9.09. The molecule has 0 bridgehead atoms. The van der Waals surface area contributed by atoms with Crippen molar-refractivity contribution in [3.8, 4) is 6.07 Å². The van der Waals surface area contributed by atoms with Gasteiger partial charge < -0.3 is 10.6 Å². The number of guanidine groups is 1. The van der Waals surface area contributed by atoms with E-state index in [0.29, 0.717) is 18.2 Å². The molecule has 1 unspecified atom stereocenters. The Hall–Kier alpha value is -2.32. The normalized spacial score (nSPS) is 12.5. The van der Waals surface area contributed by atoms with Gasteiger partial charge in [0.25, 0.3) is 0 Å². The summed E-state index contributed by atoms with van der Waals surface area (Å²) in [7, 11) is 0. The first-order valence-electron chi connectivity index (χ1n) is 8.20. The van der Waals surface area contributed by atoms with Crippen LogP contribution in [0.15, 0.2) is 41.4 Å². The summed E-state index contributed by atoms with van der Waals surface area (Å²) < 4.78 is 0. The van der Waals surface area contributed by atoms with E-state index in [4.69, 9.17) is 5.26 Å². The van der Waals surface area contributed by atoms with Crippen LogP contribution in [-0.4, -0.2) is 18.5 Å². The van der Waals surface area contributed by atoms with Crippen LogP contribution < -0.4 is 10.6 Å². The summed E-state index contributed by atoms with van der Waals surface area (Å²) in [6.45, 7) is 7.72. The summed E-state index contributed by atoms with van der Waals surface area (Å²) in [5.41, 5.74) is 1.70. The van der Waals surface area contributed by atoms with Gasteiger partial charge in [-0.15, -0.1) is 11.3 Å². The van der Waals surface area contributed by atoms with Crippen molar-refractivity contribution in [3.05, 3.63) is 57.3 Å². The van der Waals surface area contributed by atoms with Gasteiger partial charge in [-0.25, -0.2) is 4.99 Å². The molecule has 5 heteroatoms. The molecule has 0 fully saturated rings. The SMILES string of the molecule is CCNC(=NCc1cccc(C#N)c1)NC(C)Cc1ccc(C)s1. The minimum Gasteiger partial charge on any atom is -0.357 e. The fraction of sp³-hybridized carbons (Fsp3) is 0.368. The average Bonchev–Trinajstić information content (AvgIpc) is 2.97. The van der Waals surface area contributed by atoms with Gasteiger partial charge in [0.1, 0.15) is 0 Å². The third kappa shape index (κ3) is 5.71. The minimum absolute atomic E-state index is 0.297. The number of benzene rings is 1. The first-order chi connectivity index (χ1) is 11.6. The molecule has 2 rings (SSSR count). The van der Waals surface area contributed by atoms with E-state index in [1.54, 1.807) is 0 Å². The molecule has 0 saturated heterocycles. The average molecular weight is 340 g/mol. The van der Waals surface area contributed by atoms with E-state index in [2.05, 4.69) is 54.6 Å². The zero-order valence-corrected chi connectivity index (χ0v) is 15.3. The summed E-state index contributed by atoms with van der Waals surface area (Å²) in [6, 6.07) is 14.4. The lowest BCUT2D eigenvalue weighted by molar-refractivity contribution is 0.645. The highest BCUT2D eigenvalue weighted by molar-refractivity contribution is 7.11. The lowest BCUT2D eigenvalue weighted by atomic mass is 10.1. The number of hydrogen-bond acceptors (Lipinski definition) is 3. The molecule has 0 amide bonds. The Morgan fingerprint density at radius 2 is 2.17 bits per heavy atom. The minimum atomic E-state index is 0.297. The topological polar surface area (TPSA) is 60.2 Å². The van der Waals surface area contributed by atoms with E-state index in [-0.39, 0.29) is 0 Å². The van der Waals surface area contributed by atoms with E-state index in [0.717, 1.165) is 24.5 Å². The highest BCUT2D eigenvalue weighted by atomic mass is 32.1. The highest BCUT2D eigenvalue weighted by Crippen LogP contribution is 2.16. The molecule has 1 atom stereocenters. The summed E-state index contributed by atoms with van der Waals surface area (Å²) in [5.74, 6) is 0.806. The Morgan fingerprint density at radius 1 is 1.33 bits per heavy atom. The second-order valence-electron chi connectivity index (χ2n) is 5.77. The van der Waals surface area contributed by atoms with Crippen LogP contribution in [0.3, 0.4) is 0 Å². The van der Waals surface area contributed by atoms with Gasteiger partial charge >= 0.3 is 0 Å². The Bertz CT molecular complexity index is 727. The van der Waals surface area contributed by atoms with E-state index < -0.39 is 0 Å². The molecule has 1 aromatic heterocycles. The number of nitrogens with one attached hydrogen (secondary N) is 2. The molecular formula is C19H24N4S. The third-order valence-electron chi connectivity index (χ3n) is 3.51. The van der Waals surface area contributed by atoms with Gasteiger partial charge in [-0.05, 0) is 50.6 Å². The zero-order valence-electron chi connectivity index (χ0n) is 14.5. The van der Waals surface area contributed by atoms with Crippen molar-refractivity contribution in [2.24, 2.45) is 4.99 Å². The Balaban J connectivity index is 1.98. The molecular weight excluding hydrogens is 316 g/mol. The van der Waals surface area contributed by atoms with Crippen LogP contribution in [0.1, 0.15) is 34.7 Å². The maximum absolute atomic E-state index is 8.97. The standard InChI is InChI=1S/C19H24N4S/c1-4-21-19(22-13-17-7-5-6-16(11-17)12-20)23-14(2)10-18-9-8-15(3)24-18/h5-9,11,14H,4,10,13H2,1-3H3,(H2,21,22,23). The maximum atomic E-state index is 8.97. The quantitative estimate of drug-likeness (QED) is 0.624. The monoisotopic (exact) mass is 340 g/mol. The molecule has 0 aliphatic heterocycles. The third-order valence-corrected chi connectivity index (χ3v) is 4.53. The number of rotatable bonds is 6. The molecule has 4 nitrogen and oxygen atoms in total. The fourth-order valence-electron chi connectivity index (χ4n) is 2.41. The van der Waals surface area contributed by atoms with E-state index in [1.165, 1.54) is 9.75 Å². The Morgan fingerprint density at radius 3 is 2.83 bits per heavy atom. The Labute approximate surface area is 148 Å². The summed E-state index contributed by atoms with van der Waals surface area (Å²) >= 11 is 1.84. The Kier molecular flexibility index (Phi) is 6.83. The molecule has 2 N–H and O–H groups in total. The smallest absolute Gasteiger partial charge is 0.191 e. The molecule has 1 aromatic carbocycles. The van der Waals surface area contributed by atoms with Crippen molar-refractivity contribution in [2.45, 2.75) is 39.8 Å². The largest absolute Gasteiger partial charge is 0.357 e. The predicted octanol–water partition coefficient (Wildman–Crippen LogP) is 3.61. The van der Waals surface area contributed by atoms with Crippen LogP contribution in [0.5, 0.6) is 0 Å². The number of aryl methyl sites for hydroxylation is 1. The van der Waals surface area contributed by atoms with Crippen LogP contribution in [0.25, 0.3) is 0 Å². The lowest BCUT2D eigenvalue weighted by Crippen LogP contribution is -2.43.